The van der Waals surface area contributed by atoms with Gasteiger partial charge in [-0.05, 0) is 43.0 Å². The third-order valence-corrected chi connectivity index (χ3v) is 4.24. The minimum absolute atomic E-state index is 0.279. The van der Waals surface area contributed by atoms with Gasteiger partial charge in [-0.15, -0.1) is 0 Å². The largest absolute Gasteiger partial charge is 0.306 e. The van der Waals surface area contributed by atoms with E-state index in [1.54, 1.807) is 0 Å². The lowest BCUT2D eigenvalue weighted by Gasteiger charge is -2.23. The highest BCUT2D eigenvalue weighted by Crippen LogP contribution is 2.26. The van der Waals surface area contributed by atoms with Crippen LogP contribution in [0.25, 0.3) is 0 Å². The predicted molar refractivity (Wildman–Crippen MR) is 91.7 cm³/mol. The summed E-state index contributed by atoms with van der Waals surface area (Å²) in [6.45, 7) is 9.96. The Morgan fingerprint density at radius 3 is 2.33 bits per heavy atom. The number of nitrogens with one attached hydrogen (secondary N) is 1. The van der Waals surface area contributed by atoms with Gasteiger partial charge < -0.3 is 5.32 Å². The normalized spacial score (nSPS) is 13.9. The second-order valence-electron chi connectivity index (χ2n) is 6.13. The zero-order chi connectivity index (χ0) is 15.2. The van der Waals surface area contributed by atoms with Gasteiger partial charge in [0.25, 0.3) is 0 Å². The third-order valence-electron chi connectivity index (χ3n) is 4.24. The molecule has 112 valence electrons. The molecule has 0 radical (unpaired) electrons. The van der Waals surface area contributed by atoms with Crippen molar-refractivity contribution < 1.29 is 0 Å². The van der Waals surface area contributed by atoms with E-state index in [-0.39, 0.29) is 6.04 Å². The molecule has 2 aromatic rings. The van der Waals surface area contributed by atoms with Gasteiger partial charge >= 0.3 is 0 Å². The summed E-state index contributed by atoms with van der Waals surface area (Å²) < 4.78 is 0. The Labute approximate surface area is 129 Å². The highest BCUT2D eigenvalue weighted by molar-refractivity contribution is 5.38. The molecule has 0 spiro atoms. The van der Waals surface area contributed by atoms with Crippen LogP contribution >= 0.6 is 0 Å². The highest BCUT2D eigenvalue weighted by Gasteiger charge is 2.16. The van der Waals surface area contributed by atoms with Gasteiger partial charge in [-0.3, -0.25) is 0 Å². The molecule has 2 unspecified atom stereocenters. The number of hydrogen-bond donors (Lipinski definition) is 1. The van der Waals surface area contributed by atoms with Crippen molar-refractivity contribution in [3.05, 3.63) is 70.8 Å². The Kier molecular flexibility index (Phi) is 5.58. The summed E-state index contributed by atoms with van der Waals surface area (Å²) in [4.78, 5) is 0. The quantitative estimate of drug-likeness (QED) is 0.783. The average Bonchev–Trinajstić information content (AvgIpc) is 2.50. The molecule has 2 atom stereocenters. The van der Waals surface area contributed by atoms with Crippen LogP contribution in [0.4, 0.5) is 0 Å². The van der Waals surface area contributed by atoms with Crippen LogP contribution in [0.15, 0.2) is 48.5 Å². The van der Waals surface area contributed by atoms with Crippen LogP contribution < -0.4 is 5.32 Å². The van der Waals surface area contributed by atoms with Crippen LogP contribution in [0.2, 0.25) is 0 Å². The van der Waals surface area contributed by atoms with Crippen LogP contribution in [0.5, 0.6) is 0 Å². The van der Waals surface area contributed by atoms with Gasteiger partial charge in [-0.1, -0.05) is 74.4 Å². The van der Waals surface area contributed by atoms with Crippen LogP contribution in [-0.2, 0) is 0 Å². The summed E-state index contributed by atoms with van der Waals surface area (Å²) in [6, 6.07) is 17.8. The minimum atomic E-state index is 0.279. The van der Waals surface area contributed by atoms with Crippen molar-refractivity contribution in [2.24, 2.45) is 5.92 Å². The second-order valence-corrected chi connectivity index (χ2v) is 6.13. The van der Waals surface area contributed by atoms with Crippen LogP contribution in [0.3, 0.4) is 0 Å². The van der Waals surface area contributed by atoms with E-state index in [0.717, 1.165) is 6.54 Å². The van der Waals surface area contributed by atoms with Crippen LogP contribution in [0, 0.1) is 19.8 Å². The predicted octanol–water partition coefficient (Wildman–Crippen LogP) is 5.03. The maximum absolute atomic E-state index is 3.76. The monoisotopic (exact) mass is 281 g/mol. The molecule has 0 aliphatic carbocycles. The Balaban J connectivity index is 2.31. The first-order valence-electron chi connectivity index (χ1n) is 7.97. The van der Waals surface area contributed by atoms with Crippen molar-refractivity contribution in [2.45, 2.75) is 40.2 Å². The fourth-order valence-corrected chi connectivity index (χ4v) is 2.67. The van der Waals surface area contributed by atoms with E-state index in [2.05, 4.69) is 81.5 Å². The number of benzene rings is 2. The first-order valence-corrected chi connectivity index (χ1v) is 7.97. The Morgan fingerprint density at radius 2 is 1.71 bits per heavy atom. The number of hydrogen-bond acceptors (Lipinski definition) is 1. The number of rotatable bonds is 6. The lowest BCUT2D eigenvalue weighted by atomic mass is 9.93. The molecular formula is C20H27N. The SMILES string of the molecule is CCC(C)CNC(c1ccccc1)c1ccc(C)cc1C. The molecule has 0 saturated carbocycles. The van der Waals surface area contributed by atoms with E-state index in [4.69, 9.17) is 0 Å². The van der Waals surface area contributed by atoms with Crippen molar-refractivity contribution in [1.82, 2.24) is 5.32 Å². The fourth-order valence-electron chi connectivity index (χ4n) is 2.67. The van der Waals surface area contributed by atoms with Crippen molar-refractivity contribution in [1.29, 1.82) is 0 Å². The zero-order valence-corrected chi connectivity index (χ0v) is 13.7. The maximum Gasteiger partial charge on any atom is 0.0579 e. The minimum Gasteiger partial charge on any atom is -0.306 e. The fraction of sp³-hybridized carbons (Fsp3) is 0.400. The molecule has 0 aromatic heterocycles. The van der Waals surface area contributed by atoms with E-state index in [0.29, 0.717) is 5.92 Å². The highest BCUT2D eigenvalue weighted by atomic mass is 14.9. The lowest BCUT2D eigenvalue weighted by Crippen LogP contribution is -2.27. The molecule has 2 rings (SSSR count). The molecule has 21 heavy (non-hydrogen) atoms. The Hall–Kier alpha value is -1.60. The standard InChI is InChI=1S/C20H27N/c1-5-15(2)14-21-20(18-9-7-6-8-10-18)19-12-11-16(3)13-17(19)4/h6-13,15,20-21H,5,14H2,1-4H3. The maximum atomic E-state index is 3.76. The van der Waals surface area contributed by atoms with Crippen molar-refractivity contribution >= 4 is 0 Å². The molecular weight excluding hydrogens is 254 g/mol. The summed E-state index contributed by atoms with van der Waals surface area (Å²) in [6.07, 6.45) is 1.21. The van der Waals surface area contributed by atoms with Gasteiger partial charge in [0.15, 0.2) is 0 Å². The summed E-state index contributed by atoms with van der Waals surface area (Å²) in [5.74, 6) is 0.696. The smallest absolute Gasteiger partial charge is 0.0579 e. The second kappa shape index (κ2) is 7.42. The van der Waals surface area contributed by atoms with E-state index < -0.39 is 0 Å². The van der Waals surface area contributed by atoms with E-state index in [9.17, 15) is 0 Å². The van der Waals surface area contributed by atoms with Gasteiger partial charge in [0, 0.05) is 0 Å². The van der Waals surface area contributed by atoms with Crippen molar-refractivity contribution in [2.75, 3.05) is 6.54 Å². The molecule has 0 heterocycles. The summed E-state index contributed by atoms with van der Waals surface area (Å²) in [5, 5.41) is 3.76. The summed E-state index contributed by atoms with van der Waals surface area (Å²) in [5.41, 5.74) is 5.41. The van der Waals surface area contributed by atoms with Crippen molar-refractivity contribution in [3.8, 4) is 0 Å². The molecule has 2 aromatic carbocycles. The van der Waals surface area contributed by atoms with Gasteiger partial charge in [0.2, 0.25) is 0 Å². The van der Waals surface area contributed by atoms with Gasteiger partial charge in [0.1, 0.15) is 0 Å². The molecule has 1 N–H and O–H groups in total. The molecule has 0 aliphatic heterocycles. The number of aryl methyl sites for hydroxylation is 2. The van der Waals surface area contributed by atoms with E-state index in [1.165, 1.54) is 28.7 Å². The molecule has 0 amide bonds. The van der Waals surface area contributed by atoms with Gasteiger partial charge in [0.05, 0.1) is 6.04 Å². The Morgan fingerprint density at radius 1 is 1.00 bits per heavy atom. The average molecular weight is 281 g/mol. The summed E-state index contributed by atoms with van der Waals surface area (Å²) in [7, 11) is 0. The molecule has 0 bridgehead atoms. The van der Waals surface area contributed by atoms with Gasteiger partial charge in [-0.2, -0.15) is 0 Å². The Bertz CT molecular complexity index is 559. The molecule has 0 aliphatic rings. The molecule has 1 heteroatoms. The van der Waals surface area contributed by atoms with Gasteiger partial charge in [-0.25, -0.2) is 0 Å². The zero-order valence-electron chi connectivity index (χ0n) is 13.7. The summed E-state index contributed by atoms with van der Waals surface area (Å²) >= 11 is 0. The van der Waals surface area contributed by atoms with Crippen LogP contribution in [-0.4, -0.2) is 6.54 Å². The first-order chi connectivity index (χ1) is 10.1. The molecule has 1 nitrogen and oxygen atoms in total. The molecule has 0 fully saturated rings. The first kappa shape index (κ1) is 15.8. The lowest BCUT2D eigenvalue weighted by molar-refractivity contribution is 0.472. The van der Waals surface area contributed by atoms with E-state index >= 15 is 0 Å². The topological polar surface area (TPSA) is 12.0 Å². The van der Waals surface area contributed by atoms with Crippen LogP contribution in [0.1, 0.15) is 48.6 Å². The van der Waals surface area contributed by atoms with E-state index in [1.807, 2.05) is 0 Å². The van der Waals surface area contributed by atoms with Crippen molar-refractivity contribution in [3.63, 3.8) is 0 Å². The third kappa shape index (κ3) is 4.18. The molecule has 0 saturated heterocycles.